The van der Waals surface area contributed by atoms with Gasteiger partial charge in [0.2, 0.25) is 11.0 Å². The van der Waals surface area contributed by atoms with Crippen LogP contribution in [0.25, 0.3) is 0 Å². The topological polar surface area (TPSA) is 111 Å². The molecule has 27 heavy (non-hydrogen) atoms. The van der Waals surface area contributed by atoms with Crippen LogP contribution in [0.15, 0.2) is 27.5 Å². The minimum atomic E-state index is -0.477. The molecule has 0 aliphatic rings. The highest BCUT2D eigenvalue weighted by atomic mass is 32.2. The number of carbonyl (C=O) groups excluding carboxylic acids is 1. The number of nitrogens with zero attached hydrogens (tertiary/aromatic N) is 4. The van der Waals surface area contributed by atoms with Gasteiger partial charge in [0.1, 0.15) is 6.20 Å². The maximum atomic E-state index is 12.0. The largest absolute Gasteiger partial charge is 0.344 e. The van der Waals surface area contributed by atoms with Crippen molar-refractivity contribution in [3.63, 3.8) is 0 Å². The summed E-state index contributed by atoms with van der Waals surface area (Å²) in [6, 6.07) is 0. The molecule has 1 N–H and O–H groups in total. The summed E-state index contributed by atoms with van der Waals surface area (Å²) in [5.74, 6) is -0.0701. The Bertz CT molecular complexity index is 762. The Morgan fingerprint density at radius 2 is 1.93 bits per heavy atom. The Kier molecular flexibility index (Phi) is 9.36. The van der Waals surface area contributed by atoms with Crippen LogP contribution < -0.4 is 5.32 Å². The fraction of sp³-hybridized carbons (Fsp3) is 0.500. The Labute approximate surface area is 169 Å². The van der Waals surface area contributed by atoms with Crippen molar-refractivity contribution < 1.29 is 9.72 Å². The van der Waals surface area contributed by atoms with Gasteiger partial charge in [0.05, 0.1) is 4.92 Å². The van der Waals surface area contributed by atoms with E-state index in [9.17, 15) is 14.9 Å². The normalized spacial score (nSPS) is 10.7. The van der Waals surface area contributed by atoms with E-state index in [0.29, 0.717) is 20.2 Å². The number of unbranched alkanes of at least 4 members (excludes halogenated alkanes) is 6. The summed E-state index contributed by atoms with van der Waals surface area (Å²) in [7, 11) is 0. The molecular formula is C16H21N5O3S3. The zero-order chi connectivity index (χ0) is 19.5. The number of nitrogens with one attached hydrogen (secondary N) is 1. The number of nitro groups is 1. The van der Waals surface area contributed by atoms with Crippen LogP contribution >= 0.6 is 34.4 Å². The van der Waals surface area contributed by atoms with E-state index in [0.717, 1.165) is 37.0 Å². The van der Waals surface area contributed by atoms with Crippen LogP contribution in [-0.2, 0) is 4.79 Å². The fourth-order valence-corrected chi connectivity index (χ4v) is 4.97. The molecule has 0 saturated heterocycles. The van der Waals surface area contributed by atoms with Crippen LogP contribution in [0, 0.1) is 10.1 Å². The van der Waals surface area contributed by atoms with E-state index in [1.54, 1.807) is 0 Å². The molecule has 0 aliphatic carbocycles. The first-order chi connectivity index (χ1) is 13.1. The van der Waals surface area contributed by atoms with E-state index in [4.69, 9.17) is 0 Å². The standard InChI is InChI=1S/C16H21N5O3S3/c1-2-3-4-5-6-7-8-9-10-12(22)18-14-19-20-16(26-14)27-15-17-11-13(25-15)21(23)24/h2,11H,1,3-10H2,(H,18,19,22). The number of rotatable bonds is 13. The lowest BCUT2D eigenvalue weighted by molar-refractivity contribution is -0.380. The first kappa shape index (κ1) is 21.5. The fourth-order valence-electron chi connectivity index (χ4n) is 2.22. The molecule has 146 valence electrons. The van der Waals surface area contributed by atoms with Gasteiger partial charge in [0.25, 0.3) is 0 Å². The molecule has 2 aromatic heterocycles. The van der Waals surface area contributed by atoms with Gasteiger partial charge in [0, 0.05) is 6.42 Å². The van der Waals surface area contributed by atoms with Gasteiger partial charge in [-0.15, -0.1) is 16.8 Å². The smallest absolute Gasteiger partial charge is 0.301 e. The molecule has 2 aromatic rings. The molecule has 0 aromatic carbocycles. The van der Waals surface area contributed by atoms with Gasteiger partial charge in [-0.05, 0) is 42.4 Å². The molecule has 0 atom stereocenters. The van der Waals surface area contributed by atoms with Gasteiger partial charge < -0.3 is 5.32 Å². The average molecular weight is 428 g/mol. The van der Waals surface area contributed by atoms with Crippen LogP contribution in [-0.4, -0.2) is 26.0 Å². The van der Waals surface area contributed by atoms with Crippen molar-refractivity contribution in [2.45, 2.75) is 60.0 Å². The quantitative estimate of drug-likeness (QED) is 0.152. The maximum absolute atomic E-state index is 12.0. The zero-order valence-electron chi connectivity index (χ0n) is 14.8. The summed E-state index contributed by atoms with van der Waals surface area (Å²) in [5, 5.41) is 21.7. The number of allylic oxidation sites excluding steroid dienone is 1. The van der Waals surface area contributed by atoms with Crippen molar-refractivity contribution in [2.75, 3.05) is 5.32 Å². The molecule has 0 saturated carbocycles. The number of hydrogen-bond donors (Lipinski definition) is 1. The van der Waals surface area contributed by atoms with E-state index >= 15 is 0 Å². The number of carbonyl (C=O) groups is 1. The van der Waals surface area contributed by atoms with Crippen molar-refractivity contribution >= 4 is 50.5 Å². The molecule has 0 spiro atoms. The summed E-state index contributed by atoms with van der Waals surface area (Å²) >= 11 is 3.40. The van der Waals surface area contributed by atoms with Crippen molar-refractivity contribution in [3.05, 3.63) is 29.0 Å². The number of hydrogen-bond acceptors (Lipinski definition) is 9. The van der Waals surface area contributed by atoms with E-state index in [2.05, 4.69) is 27.1 Å². The predicted molar refractivity (Wildman–Crippen MR) is 109 cm³/mol. The van der Waals surface area contributed by atoms with Crippen LogP contribution in [0.5, 0.6) is 0 Å². The molecule has 2 heterocycles. The molecule has 2 rings (SSSR count). The highest BCUT2D eigenvalue weighted by Gasteiger charge is 2.15. The lowest BCUT2D eigenvalue weighted by Crippen LogP contribution is -2.10. The lowest BCUT2D eigenvalue weighted by atomic mass is 10.1. The summed E-state index contributed by atoms with van der Waals surface area (Å²) in [4.78, 5) is 26.1. The third kappa shape index (κ3) is 8.14. The maximum Gasteiger partial charge on any atom is 0.344 e. The van der Waals surface area contributed by atoms with Gasteiger partial charge in [0.15, 0.2) is 8.68 Å². The molecule has 0 aliphatic heterocycles. The molecule has 0 fully saturated rings. The average Bonchev–Trinajstić information content (AvgIpc) is 3.27. The first-order valence-electron chi connectivity index (χ1n) is 8.61. The third-order valence-electron chi connectivity index (χ3n) is 3.54. The number of aromatic nitrogens is 3. The van der Waals surface area contributed by atoms with E-state index in [-0.39, 0.29) is 10.9 Å². The summed E-state index contributed by atoms with van der Waals surface area (Å²) in [6.07, 6.45) is 11.3. The molecule has 11 heteroatoms. The Morgan fingerprint density at radius 3 is 2.63 bits per heavy atom. The highest BCUT2D eigenvalue weighted by molar-refractivity contribution is 8.02. The zero-order valence-corrected chi connectivity index (χ0v) is 17.2. The molecule has 0 radical (unpaired) electrons. The minimum Gasteiger partial charge on any atom is -0.301 e. The predicted octanol–water partition coefficient (Wildman–Crippen LogP) is 5.30. The van der Waals surface area contributed by atoms with E-state index in [1.165, 1.54) is 48.6 Å². The Hall–Kier alpha value is -1.85. The molecule has 1 amide bonds. The van der Waals surface area contributed by atoms with E-state index in [1.807, 2.05) is 6.08 Å². The van der Waals surface area contributed by atoms with Crippen LogP contribution in [0.4, 0.5) is 10.1 Å². The summed E-state index contributed by atoms with van der Waals surface area (Å²) in [5.41, 5.74) is 0. The number of amides is 1. The molecular weight excluding hydrogens is 406 g/mol. The summed E-state index contributed by atoms with van der Waals surface area (Å²) in [6.45, 7) is 3.71. The minimum absolute atomic E-state index is 0.0174. The van der Waals surface area contributed by atoms with Gasteiger partial charge in [-0.25, -0.2) is 4.98 Å². The van der Waals surface area contributed by atoms with Crippen LogP contribution in [0.1, 0.15) is 51.4 Å². The molecule has 0 bridgehead atoms. The second kappa shape index (κ2) is 11.8. The molecule has 8 nitrogen and oxygen atoms in total. The van der Waals surface area contributed by atoms with Crippen molar-refractivity contribution in [3.8, 4) is 0 Å². The third-order valence-corrected chi connectivity index (χ3v) is 6.46. The van der Waals surface area contributed by atoms with Gasteiger partial charge in [-0.3, -0.25) is 14.9 Å². The Balaban J connectivity index is 1.65. The molecule has 0 unspecified atom stereocenters. The Morgan fingerprint density at radius 1 is 1.19 bits per heavy atom. The van der Waals surface area contributed by atoms with Gasteiger partial charge >= 0.3 is 5.00 Å². The monoisotopic (exact) mass is 427 g/mol. The highest BCUT2D eigenvalue weighted by Crippen LogP contribution is 2.36. The summed E-state index contributed by atoms with van der Waals surface area (Å²) < 4.78 is 1.10. The first-order valence-corrected chi connectivity index (χ1v) is 11.1. The number of thiazole rings is 1. The van der Waals surface area contributed by atoms with Crippen LogP contribution in [0.3, 0.4) is 0 Å². The second-order valence-corrected chi connectivity index (χ2v) is 9.17. The van der Waals surface area contributed by atoms with Crippen molar-refractivity contribution in [1.82, 2.24) is 15.2 Å². The number of anilines is 1. The van der Waals surface area contributed by atoms with Crippen LogP contribution in [0.2, 0.25) is 0 Å². The lowest BCUT2D eigenvalue weighted by Gasteiger charge is -2.02. The van der Waals surface area contributed by atoms with Gasteiger partial charge in [-0.1, -0.05) is 43.1 Å². The van der Waals surface area contributed by atoms with Crippen molar-refractivity contribution in [1.29, 1.82) is 0 Å². The SMILES string of the molecule is C=CCCCCCCCCC(=O)Nc1nnc(Sc2ncc([N+](=O)[O-])s2)s1. The van der Waals surface area contributed by atoms with Gasteiger partial charge in [-0.2, -0.15) is 0 Å². The second-order valence-electron chi connectivity index (χ2n) is 5.69. The van der Waals surface area contributed by atoms with Crippen molar-refractivity contribution in [2.24, 2.45) is 0 Å². The van der Waals surface area contributed by atoms with E-state index < -0.39 is 4.92 Å².